The lowest BCUT2D eigenvalue weighted by molar-refractivity contribution is 0.0173. The fourth-order valence-electron chi connectivity index (χ4n) is 2.29. The lowest BCUT2D eigenvalue weighted by Gasteiger charge is -2.19. The van der Waals surface area contributed by atoms with Crippen molar-refractivity contribution in [2.24, 2.45) is 0 Å². The Morgan fingerprint density at radius 2 is 1.95 bits per heavy atom. The van der Waals surface area contributed by atoms with Crippen LogP contribution in [0.25, 0.3) is 0 Å². The summed E-state index contributed by atoms with van der Waals surface area (Å²) in [6.07, 6.45) is -0.288. The van der Waals surface area contributed by atoms with Crippen molar-refractivity contribution in [2.45, 2.75) is 57.1 Å². The molecule has 0 amide bonds. The average Bonchev–Trinajstić information content (AvgIpc) is 2.95. The third-order valence-electron chi connectivity index (χ3n) is 3.52. The van der Waals surface area contributed by atoms with E-state index >= 15 is 0 Å². The number of nitrogens with one attached hydrogen (secondary N) is 1. The third kappa shape index (κ3) is 4.08. The van der Waals surface area contributed by atoms with Crippen LogP contribution in [0, 0.1) is 0 Å². The van der Waals surface area contributed by atoms with Gasteiger partial charge in [0.2, 0.25) is 0 Å². The minimum absolute atomic E-state index is 0.225. The van der Waals surface area contributed by atoms with E-state index in [0.717, 1.165) is 5.69 Å². The first-order valence-electron chi connectivity index (χ1n) is 7.06. The molecule has 0 unspecified atom stereocenters. The van der Waals surface area contributed by atoms with Crippen LogP contribution in [-0.4, -0.2) is 69.5 Å². The summed E-state index contributed by atoms with van der Waals surface area (Å²) in [6.45, 7) is 6.87. The predicted octanol–water partition coefficient (Wildman–Crippen LogP) is -1.32. The van der Waals surface area contributed by atoms with Gasteiger partial charge in [0.1, 0.15) is 0 Å². The van der Waals surface area contributed by atoms with E-state index in [1.807, 2.05) is 0 Å². The number of hydrogen-bond donors (Lipinski definition) is 4. The fraction of sp³-hybridized carbons (Fsp3) is 0.833. The molecule has 0 radical (unpaired) electrons. The Kier molecular flexibility index (Phi) is 5.12. The summed E-state index contributed by atoms with van der Waals surface area (Å²) in [6, 6.07) is -0.903. The monoisotopic (exact) mass is 316 g/mol. The highest BCUT2D eigenvalue weighted by Gasteiger charge is 2.40. The van der Waals surface area contributed by atoms with E-state index in [9.17, 15) is 10.2 Å². The van der Waals surface area contributed by atoms with Crippen molar-refractivity contribution in [3.05, 3.63) is 11.9 Å². The molecule has 21 heavy (non-hydrogen) atoms. The zero-order chi connectivity index (χ0) is 15.6. The van der Waals surface area contributed by atoms with Crippen LogP contribution in [0.15, 0.2) is 6.20 Å². The second-order valence-electron chi connectivity index (χ2n) is 6.35. The number of hydrogen-bond acceptors (Lipinski definition) is 7. The molecular formula is C12H24N4O4Si. The van der Waals surface area contributed by atoms with Gasteiger partial charge in [-0.3, -0.25) is 0 Å². The van der Waals surface area contributed by atoms with Crippen LogP contribution < -0.4 is 5.32 Å². The highest BCUT2D eigenvalue weighted by Crippen LogP contribution is 2.17. The molecule has 2 rings (SSSR count). The first-order valence-corrected chi connectivity index (χ1v) is 10.5. The van der Waals surface area contributed by atoms with E-state index in [-0.39, 0.29) is 12.6 Å². The predicted molar refractivity (Wildman–Crippen MR) is 78.0 cm³/mol. The van der Waals surface area contributed by atoms with Crippen molar-refractivity contribution in [1.82, 2.24) is 20.3 Å². The number of nitrogens with zero attached hydrogens (tertiary/aromatic N) is 3. The Balaban J connectivity index is 1.99. The van der Waals surface area contributed by atoms with Crippen LogP contribution >= 0.6 is 0 Å². The Morgan fingerprint density at radius 1 is 1.29 bits per heavy atom. The van der Waals surface area contributed by atoms with Crippen molar-refractivity contribution < 1.29 is 19.7 Å². The van der Waals surface area contributed by atoms with Crippen molar-refractivity contribution in [3.8, 4) is 0 Å². The van der Waals surface area contributed by atoms with Gasteiger partial charge >= 0.3 is 0 Å². The van der Waals surface area contributed by atoms with Gasteiger partial charge in [0.25, 0.3) is 0 Å². The van der Waals surface area contributed by atoms with Gasteiger partial charge in [-0.1, -0.05) is 5.21 Å². The highest BCUT2D eigenvalue weighted by molar-refractivity contribution is 6.69. The summed E-state index contributed by atoms with van der Waals surface area (Å²) in [4.78, 5) is 0. The average molecular weight is 316 g/mol. The van der Waals surface area contributed by atoms with Crippen molar-refractivity contribution in [1.29, 1.82) is 0 Å². The molecule has 0 bridgehead atoms. The number of aliphatic hydroxyl groups is 3. The molecule has 1 aliphatic rings. The molecule has 1 fully saturated rings. The second kappa shape index (κ2) is 6.51. The third-order valence-corrected chi connectivity index (χ3v) is 4.53. The molecule has 9 heteroatoms. The summed E-state index contributed by atoms with van der Waals surface area (Å²) in [5, 5.41) is 39.8. The normalized spacial score (nSPS) is 30.0. The van der Waals surface area contributed by atoms with Crippen molar-refractivity contribution in [2.75, 3.05) is 6.61 Å². The van der Waals surface area contributed by atoms with E-state index in [0.29, 0.717) is 13.2 Å². The van der Waals surface area contributed by atoms with Gasteiger partial charge < -0.3 is 25.1 Å². The smallest absolute Gasteiger partial charge is 0.184 e. The quantitative estimate of drug-likeness (QED) is 0.482. The molecule has 120 valence electrons. The lowest BCUT2D eigenvalue weighted by Crippen LogP contribution is -2.39. The molecule has 2 heterocycles. The van der Waals surface area contributed by atoms with Crippen LogP contribution in [0.1, 0.15) is 5.69 Å². The summed E-state index contributed by atoms with van der Waals surface area (Å²) in [7, 11) is -1.63. The fourth-order valence-corrected chi connectivity index (χ4v) is 2.87. The zero-order valence-electron chi connectivity index (χ0n) is 12.6. The SMILES string of the molecule is C[Si](C)(C)OCc1cnnn1C[C@H]1N[C@H](CO)[C@@H](O)[C@@H]1O. The Bertz CT molecular complexity index is 464. The van der Waals surface area contributed by atoms with Gasteiger partial charge in [-0.2, -0.15) is 0 Å². The Morgan fingerprint density at radius 3 is 2.52 bits per heavy atom. The van der Waals surface area contributed by atoms with E-state index in [1.165, 1.54) is 0 Å². The molecule has 1 aliphatic heterocycles. The maximum atomic E-state index is 10.00. The van der Waals surface area contributed by atoms with E-state index in [1.54, 1.807) is 10.9 Å². The number of rotatable bonds is 6. The molecule has 4 atom stereocenters. The molecular weight excluding hydrogens is 292 g/mol. The topological polar surface area (TPSA) is 113 Å². The number of aliphatic hydroxyl groups excluding tert-OH is 3. The molecule has 1 aromatic heterocycles. The lowest BCUT2D eigenvalue weighted by atomic mass is 10.1. The summed E-state index contributed by atoms with van der Waals surface area (Å²) < 4.78 is 7.50. The second-order valence-corrected chi connectivity index (χ2v) is 10.9. The number of aromatic nitrogens is 3. The van der Waals surface area contributed by atoms with E-state index in [2.05, 4.69) is 35.3 Å². The summed E-state index contributed by atoms with van der Waals surface area (Å²) >= 11 is 0. The minimum Gasteiger partial charge on any atom is -0.412 e. The van der Waals surface area contributed by atoms with Gasteiger partial charge in [0, 0.05) is 0 Å². The molecule has 1 aromatic rings. The van der Waals surface area contributed by atoms with Crippen LogP contribution in [0.5, 0.6) is 0 Å². The largest absolute Gasteiger partial charge is 0.412 e. The molecule has 4 N–H and O–H groups in total. The minimum atomic E-state index is -1.63. The molecule has 0 spiro atoms. The van der Waals surface area contributed by atoms with Crippen molar-refractivity contribution in [3.63, 3.8) is 0 Å². The maximum Gasteiger partial charge on any atom is 0.184 e. The van der Waals surface area contributed by atoms with E-state index in [4.69, 9.17) is 9.53 Å². The maximum absolute atomic E-state index is 10.00. The highest BCUT2D eigenvalue weighted by atomic mass is 28.4. The van der Waals surface area contributed by atoms with Gasteiger partial charge in [-0.25, -0.2) is 4.68 Å². The van der Waals surface area contributed by atoms with E-state index < -0.39 is 26.6 Å². The summed E-state index contributed by atoms with van der Waals surface area (Å²) in [5.74, 6) is 0. The molecule has 1 saturated heterocycles. The summed E-state index contributed by atoms with van der Waals surface area (Å²) in [5.41, 5.74) is 0.827. The van der Waals surface area contributed by atoms with Gasteiger partial charge in [0.05, 0.1) is 55.9 Å². The van der Waals surface area contributed by atoms with Gasteiger partial charge in [-0.15, -0.1) is 5.10 Å². The van der Waals surface area contributed by atoms with Crippen LogP contribution in [-0.2, 0) is 17.6 Å². The first-order chi connectivity index (χ1) is 9.81. The zero-order valence-corrected chi connectivity index (χ0v) is 13.6. The Hall–Kier alpha value is -0.843. The molecule has 0 aromatic carbocycles. The first kappa shape index (κ1) is 16.5. The molecule has 8 nitrogen and oxygen atoms in total. The molecule has 0 saturated carbocycles. The molecule has 0 aliphatic carbocycles. The van der Waals surface area contributed by atoms with Crippen LogP contribution in [0.3, 0.4) is 0 Å². The van der Waals surface area contributed by atoms with Crippen molar-refractivity contribution >= 4 is 8.32 Å². The standard InChI is InChI=1S/C12H24N4O4Si/c1-21(2,3)20-7-8-4-13-15-16(8)5-9-11(18)12(19)10(6-17)14-9/h4,9-12,14,17-19H,5-7H2,1-3H3/t9-,10-,11-,12-/m1/s1. The van der Waals surface area contributed by atoms with Crippen LogP contribution in [0.2, 0.25) is 19.6 Å². The van der Waals surface area contributed by atoms with Crippen LogP contribution in [0.4, 0.5) is 0 Å². The Labute approximate surface area is 124 Å². The van der Waals surface area contributed by atoms with Gasteiger partial charge in [-0.05, 0) is 19.6 Å². The van der Waals surface area contributed by atoms with Gasteiger partial charge in [0.15, 0.2) is 8.32 Å².